The second kappa shape index (κ2) is 9.17. The summed E-state index contributed by atoms with van der Waals surface area (Å²) in [6, 6.07) is 10.3. The molecule has 0 N–H and O–H groups in total. The maximum Gasteiger partial charge on any atom is 0.140 e. The molecule has 150 valence electrons. The van der Waals surface area contributed by atoms with Gasteiger partial charge in [0.25, 0.3) is 0 Å². The first-order valence-electron chi connectivity index (χ1n) is 10.4. The molecule has 0 amide bonds. The van der Waals surface area contributed by atoms with Crippen LogP contribution in [0.3, 0.4) is 0 Å². The number of ketones is 1. The predicted molar refractivity (Wildman–Crippen MR) is 112 cm³/mol. The lowest BCUT2D eigenvalue weighted by molar-refractivity contribution is -0.119. The average Bonchev–Trinajstić information content (AvgIpc) is 3.20. The van der Waals surface area contributed by atoms with Gasteiger partial charge in [-0.3, -0.25) is 9.79 Å². The second-order valence-corrected chi connectivity index (χ2v) is 7.99. The molecule has 4 rings (SSSR count). The molecule has 2 heterocycles. The van der Waals surface area contributed by atoms with Crippen molar-refractivity contribution >= 4 is 11.5 Å². The molecule has 0 spiro atoms. The van der Waals surface area contributed by atoms with E-state index < -0.39 is 0 Å². The summed E-state index contributed by atoms with van der Waals surface area (Å²) in [5, 5.41) is 0. The van der Waals surface area contributed by atoms with Gasteiger partial charge >= 0.3 is 0 Å². The Morgan fingerprint density at radius 1 is 1.17 bits per heavy atom. The van der Waals surface area contributed by atoms with E-state index in [1.807, 2.05) is 30.5 Å². The lowest BCUT2D eigenvalue weighted by Gasteiger charge is -2.28. The monoisotopic (exact) mass is 391 g/mol. The van der Waals surface area contributed by atoms with Crippen molar-refractivity contribution in [3.8, 4) is 0 Å². The lowest BCUT2D eigenvalue weighted by Crippen LogP contribution is -2.21. The third kappa shape index (κ3) is 5.20. The van der Waals surface area contributed by atoms with Gasteiger partial charge in [-0.2, -0.15) is 0 Å². The topological polar surface area (TPSA) is 42.6 Å². The minimum atomic E-state index is -0.221. The normalized spacial score (nSPS) is 20.4. The number of halogens is 1. The first-order chi connectivity index (χ1) is 14.2. The van der Waals surface area contributed by atoms with Crippen LogP contribution < -0.4 is 0 Å². The number of allylic oxidation sites excluding steroid dienone is 3. The summed E-state index contributed by atoms with van der Waals surface area (Å²) in [6.45, 7) is 0. The zero-order valence-corrected chi connectivity index (χ0v) is 16.6. The minimum Gasteiger partial charge on any atom is -0.469 e. The fourth-order valence-electron chi connectivity index (χ4n) is 4.34. The molecule has 0 radical (unpaired) electrons. The molecule has 4 heteroatoms. The van der Waals surface area contributed by atoms with Crippen molar-refractivity contribution in [2.75, 3.05) is 0 Å². The fourth-order valence-corrected chi connectivity index (χ4v) is 4.34. The number of benzene rings is 1. The minimum absolute atomic E-state index is 0.221. The number of aliphatic imine (C=N–C) groups is 1. The molecule has 0 saturated heterocycles. The molecule has 2 aliphatic rings. The average molecular weight is 391 g/mol. The van der Waals surface area contributed by atoms with Gasteiger partial charge in [0.2, 0.25) is 0 Å². The number of hydrogen-bond donors (Lipinski definition) is 0. The van der Waals surface area contributed by atoms with E-state index in [-0.39, 0.29) is 11.6 Å². The number of hydrogen-bond acceptors (Lipinski definition) is 3. The number of carbonyl (C=O) groups excluding carboxylic acids is 1. The first kappa shape index (κ1) is 19.6. The van der Waals surface area contributed by atoms with Crippen molar-refractivity contribution in [2.45, 2.75) is 51.4 Å². The van der Waals surface area contributed by atoms with Crippen LogP contribution in [0.15, 0.2) is 75.5 Å². The van der Waals surface area contributed by atoms with Gasteiger partial charge in [-0.15, -0.1) is 0 Å². The number of Topliss-reactive ketones (excluding diaryl/α,β-unsaturated/α-hetero) is 1. The Kier molecular flexibility index (Phi) is 6.18. The Bertz CT molecular complexity index is 936. The Hall–Kier alpha value is -2.75. The molecule has 1 aliphatic carbocycles. The molecular formula is C25H26FNO2. The van der Waals surface area contributed by atoms with E-state index in [9.17, 15) is 9.18 Å². The van der Waals surface area contributed by atoms with Crippen LogP contribution in [0, 0.1) is 11.7 Å². The highest BCUT2D eigenvalue weighted by atomic mass is 19.1. The van der Waals surface area contributed by atoms with Gasteiger partial charge in [-0.25, -0.2) is 4.39 Å². The number of nitrogens with zero attached hydrogens (tertiary/aromatic N) is 1. The van der Waals surface area contributed by atoms with Crippen molar-refractivity contribution in [3.63, 3.8) is 0 Å². The van der Waals surface area contributed by atoms with E-state index >= 15 is 0 Å². The van der Waals surface area contributed by atoms with Gasteiger partial charge in [0.15, 0.2) is 0 Å². The quantitative estimate of drug-likeness (QED) is 0.605. The van der Waals surface area contributed by atoms with E-state index in [2.05, 4.69) is 6.08 Å². The maximum atomic E-state index is 13.3. The number of carbonyl (C=O) groups is 1. The molecule has 1 atom stereocenters. The van der Waals surface area contributed by atoms with Crippen molar-refractivity contribution < 1.29 is 13.6 Å². The summed E-state index contributed by atoms with van der Waals surface area (Å²) < 4.78 is 18.6. The van der Waals surface area contributed by atoms with E-state index in [4.69, 9.17) is 9.41 Å². The van der Waals surface area contributed by atoms with Gasteiger partial charge in [0.05, 0.1) is 12.7 Å². The highest BCUT2D eigenvalue weighted by Crippen LogP contribution is 2.36. The van der Waals surface area contributed by atoms with Crippen LogP contribution in [-0.4, -0.2) is 11.5 Å². The Morgan fingerprint density at radius 2 is 2.03 bits per heavy atom. The van der Waals surface area contributed by atoms with Gasteiger partial charge in [0, 0.05) is 24.8 Å². The zero-order chi connectivity index (χ0) is 20.1. The van der Waals surface area contributed by atoms with Gasteiger partial charge in [0.1, 0.15) is 17.4 Å². The van der Waals surface area contributed by atoms with Crippen LogP contribution >= 0.6 is 0 Å². The maximum absolute atomic E-state index is 13.3. The molecular weight excluding hydrogens is 365 g/mol. The molecule has 1 aliphatic heterocycles. The first-order valence-corrected chi connectivity index (χ1v) is 10.4. The summed E-state index contributed by atoms with van der Waals surface area (Å²) in [5.74, 6) is 1.09. The van der Waals surface area contributed by atoms with Crippen LogP contribution in [0.1, 0.15) is 49.8 Å². The highest BCUT2D eigenvalue weighted by Gasteiger charge is 2.26. The molecule has 29 heavy (non-hydrogen) atoms. The summed E-state index contributed by atoms with van der Waals surface area (Å²) >= 11 is 0. The summed E-state index contributed by atoms with van der Waals surface area (Å²) in [4.78, 5) is 17.3. The van der Waals surface area contributed by atoms with E-state index in [0.29, 0.717) is 25.2 Å². The highest BCUT2D eigenvalue weighted by molar-refractivity contribution is 6.02. The summed E-state index contributed by atoms with van der Waals surface area (Å²) in [5.41, 5.74) is 4.92. The smallest absolute Gasteiger partial charge is 0.140 e. The third-order valence-corrected chi connectivity index (χ3v) is 5.82. The van der Waals surface area contributed by atoms with E-state index in [0.717, 1.165) is 49.1 Å². The van der Waals surface area contributed by atoms with Crippen molar-refractivity contribution in [1.82, 2.24) is 0 Å². The number of furan rings is 1. The predicted octanol–water partition coefficient (Wildman–Crippen LogP) is 6.01. The van der Waals surface area contributed by atoms with Gasteiger partial charge in [-0.1, -0.05) is 23.8 Å². The third-order valence-electron chi connectivity index (χ3n) is 5.82. The second-order valence-electron chi connectivity index (χ2n) is 7.99. The molecule has 3 nitrogen and oxygen atoms in total. The van der Waals surface area contributed by atoms with Gasteiger partial charge in [-0.05, 0) is 73.4 Å². The van der Waals surface area contributed by atoms with Crippen LogP contribution in [0.4, 0.5) is 4.39 Å². The van der Waals surface area contributed by atoms with E-state index in [1.54, 1.807) is 6.26 Å². The standard InChI is InChI=1S/C25H26FNO2/c26-21-10-7-18(8-11-21)16-25-24-15-19(6-9-20(24)4-1-2-12-27-25)14-22(28)17-23-5-3-13-29-23/h2-3,5,7-8,10-13,19H,1,4,6,9,14-17H2/b12-2+,27-25?/t19-/m1/s1. The number of rotatable bonds is 6. The fraction of sp³-hybridized carbons (Fsp3) is 0.360. The van der Waals surface area contributed by atoms with Crippen molar-refractivity contribution in [3.05, 3.63) is 83.2 Å². The lowest BCUT2D eigenvalue weighted by atomic mass is 9.77. The molecule has 0 fully saturated rings. The van der Waals surface area contributed by atoms with Crippen molar-refractivity contribution in [2.24, 2.45) is 10.9 Å². The zero-order valence-electron chi connectivity index (χ0n) is 16.6. The molecule has 1 aromatic carbocycles. The summed E-state index contributed by atoms with van der Waals surface area (Å²) in [7, 11) is 0. The molecule has 0 saturated carbocycles. The van der Waals surface area contributed by atoms with E-state index in [1.165, 1.54) is 23.3 Å². The SMILES string of the molecule is O=C(Cc1ccco1)C[C@H]1CCC2=C(C1)C(Cc1ccc(F)cc1)=N/C=C/CC2. The molecule has 0 bridgehead atoms. The largest absolute Gasteiger partial charge is 0.469 e. The summed E-state index contributed by atoms with van der Waals surface area (Å²) in [6.07, 6.45) is 12.3. The van der Waals surface area contributed by atoms with Crippen LogP contribution in [0.2, 0.25) is 0 Å². The molecule has 2 aromatic rings. The van der Waals surface area contributed by atoms with Gasteiger partial charge < -0.3 is 4.42 Å². The molecule has 1 aromatic heterocycles. The molecule has 0 unspecified atom stereocenters. The Morgan fingerprint density at radius 3 is 2.83 bits per heavy atom. The van der Waals surface area contributed by atoms with Crippen LogP contribution in [-0.2, 0) is 17.6 Å². The Balaban J connectivity index is 1.48. The van der Waals surface area contributed by atoms with Crippen LogP contribution in [0.5, 0.6) is 0 Å². The van der Waals surface area contributed by atoms with Crippen LogP contribution in [0.25, 0.3) is 0 Å². The van der Waals surface area contributed by atoms with Crippen molar-refractivity contribution in [1.29, 1.82) is 0 Å². The Labute approximate surface area is 171 Å².